The van der Waals surface area contributed by atoms with E-state index in [1.54, 1.807) is 19.0 Å². The molecule has 1 aliphatic rings. The highest BCUT2D eigenvalue weighted by molar-refractivity contribution is 14.0. The van der Waals surface area contributed by atoms with Crippen LogP contribution in [0.15, 0.2) is 40.2 Å². The lowest BCUT2D eigenvalue weighted by Crippen LogP contribution is -2.44. The van der Waals surface area contributed by atoms with Gasteiger partial charge in [0.2, 0.25) is 5.91 Å². The Morgan fingerprint density at radius 2 is 2.04 bits per heavy atom. The molecule has 0 spiro atoms. The van der Waals surface area contributed by atoms with Gasteiger partial charge in [-0.25, -0.2) is 4.99 Å². The summed E-state index contributed by atoms with van der Waals surface area (Å²) < 4.78 is 0.257. The lowest BCUT2D eigenvalue weighted by atomic mass is 10.1. The van der Waals surface area contributed by atoms with Crippen LogP contribution in [0, 0.1) is 0 Å². The molecular weight excluding hydrogens is 491 g/mol. The molecule has 2 N–H and O–H groups in total. The van der Waals surface area contributed by atoms with E-state index < -0.39 is 0 Å². The molecule has 1 heterocycles. The molecule has 1 atom stereocenters. The Morgan fingerprint density at radius 3 is 2.67 bits per heavy atom. The third kappa shape index (κ3) is 9.43. The second kappa shape index (κ2) is 12.8. The minimum absolute atomic E-state index is 0. The molecule has 1 saturated heterocycles. The minimum Gasteiger partial charge on any atom is -0.356 e. The molecule has 0 bridgehead atoms. The second-order valence-corrected chi connectivity index (χ2v) is 9.65. The molecular formula is C19H31IN4OS2. The predicted molar refractivity (Wildman–Crippen MR) is 130 cm³/mol. The highest BCUT2D eigenvalue weighted by Crippen LogP contribution is 2.36. The molecule has 1 aromatic carbocycles. The maximum absolute atomic E-state index is 11.8. The number of halogens is 1. The first kappa shape index (κ1) is 24.4. The number of likely N-dealkylation sites (N-methyl/N-ethyl adjacent to an activating group) is 1. The number of carbonyl (C=O) groups is 1. The van der Waals surface area contributed by atoms with Gasteiger partial charge in [-0.05, 0) is 37.7 Å². The van der Waals surface area contributed by atoms with Crippen LogP contribution in [0.1, 0.15) is 19.8 Å². The van der Waals surface area contributed by atoms with Gasteiger partial charge in [0.05, 0.1) is 0 Å². The summed E-state index contributed by atoms with van der Waals surface area (Å²) in [6, 6.07) is 10.4. The van der Waals surface area contributed by atoms with E-state index in [0.717, 1.165) is 24.8 Å². The van der Waals surface area contributed by atoms with Gasteiger partial charge in [0.15, 0.2) is 5.96 Å². The normalized spacial score (nSPS) is 19.3. The SMILES string of the molecule is CN(C)C(=O)CN=C(NCCSc1ccccc1)NCC1(C)CCCS1.I. The van der Waals surface area contributed by atoms with Crippen molar-refractivity contribution in [1.29, 1.82) is 0 Å². The van der Waals surface area contributed by atoms with E-state index in [0.29, 0.717) is 0 Å². The Bertz CT molecular complexity index is 593. The maximum atomic E-state index is 11.8. The number of nitrogens with zero attached hydrogens (tertiary/aromatic N) is 2. The topological polar surface area (TPSA) is 56.7 Å². The Kier molecular flexibility index (Phi) is 11.6. The van der Waals surface area contributed by atoms with Crippen LogP contribution < -0.4 is 10.6 Å². The van der Waals surface area contributed by atoms with Crippen molar-refractivity contribution in [3.63, 3.8) is 0 Å². The minimum atomic E-state index is 0. The first-order valence-corrected chi connectivity index (χ1v) is 11.0. The zero-order valence-corrected chi connectivity index (χ0v) is 20.3. The average Bonchev–Trinajstić information content (AvgIpc) is 3.07. The summed E-state index contributed by atoms with van der Waals surface area (Å²) in [6.45, 7) is 4.13. The molecule has 1 unspecified atom stereocenters. The molecule has 152 valence electrons. The summed E-state index contributed by atoms with van der Waals surface area (Å²) in [5.41, 5.74) is 0. The number of nitrogens with one attached hydrogen (secondary N) is 2. The quantitative estimate of drug-likeness (QED) is 0.181. The molecule has 27 heavy (non-hydrogen) atoms. The van der Waals surface area contributed by atoms with Crippen LogP contribution in [0.25, 0.3) is 0 Å². The number of hydrogen-bond acceptors (Lipinski definition) is 4. The first-order valence-electron chi connectivity index (χ1n) is 9.03. The molecule has 1 amide bonds. The van der Waals surface area contributed by atoms with E-state index in [1.807, 2.05) is 29.6 Å². The van der Waals surface area contributed by atoms with Crippen molar-refractivity contribution in [3.8, 4) is 0 Å². The molecule has 0 aromatic heterocycles. The monoisotopic (exact) mass is 522 g/mol. The van der Waals surface area contributed by atoms with Crippen LogP contribution >= 0.6 is 47.5 Å². The van der Waals surface area contributed by atoms with Gasteiger partial charge in [0, 0.05) is 42.6 Å². The fourth-order valence-electron chi connectivity index (χ4n) is 2.56. The largest absolute Gasteiger partial charge is 0.356 e. The summed E-state index contributed by atoms with van der Waals surface area (Å²) in [7, 11) is 3.51. The predicted octanol–water partition coefficient (Wildman–Crippen LogP) is 3.31. The van der Waals surface area contributed by atoms with Crippen molar-refractivity contribution in [3.05, 3.63) is 30.3 Å². The van der Waals surface area contributed by atoms with Crippen molar-refractivity contribution < 1.29 is 4.79 Å². The summed E-state index contributed by atoms with van der Waals surface area (Å²) >= 11 is 3.83. The summed E-state index contributed by atoms with van der Waals surface area (Å²) in [5, 5.41) is 6.80. The van der Waals surface area contributed by atoms with Crippen LogP contribution in [0.4, 0.5) is 0 Å². The van der Waals surface area contributed by atoms with Crippen LogP contribution in [-0.2, 0) is 4.79 Å². The number of rotatable bonds is 8. The first-order chi connectivity index (χ1) is 12.5. The number of thioether (sulfide) groups is 2. The fraction of sp³-hybridized carbons (Fsp3) is 0.579. The maximum Gasteiger partial charge on any atom is 0.243 e. The Balaban J connectivity index is 0.00000364. The number of benzene rings is 1. The second-order valence-electron chi connectivity index (χ2n) is 6.80. The van der Waals surface area contributed by atoms with E-state index in [9.17, 15) is 4.79 Å². The van der Waals surface area contributed by atoms with Gasteiger partial charge in [-0.2, -0.15) is 11.8 Å². The van der Waals surface area contributed by atoms with Gasteiger partial charge in [0.25, 0.3) is 0 Å². The van der Waals surface area contributed by atoms with Crippen LogP contribution in [-0.4, -0.2) is 66.7 Å². The number of guanidine groups is 1. The molecule has 8 heteroatoms. The van der Waals surface area contributed by atoms with Crippen molar-refractivity contribution >= 4 is 59.4 Å². The molecule has 1 aromatic rings. The standard InChI is InChI=1S/C19H30N4OS2.HI/c1-19(10-7-12-26-19)15-22-18(21-14-17(24)23(2)3)20-11-13-25-16-8-5-4-6-9-16;/h4-6,8-9H,7,10-15H2,1-3H3,(H2,20,21,22);1H. The van der Waals surface area contributed by atoms with Gasteiger partial charge in [-0.3, -0.25) is 4.79 Å². The lowest BCUT2D eigenvalue weighted by Gasteiger charge is -2.24. The number of hydrogen-bond donors (Lipinski definition) is 2. The lowest BCUT2D eigenvalue weighted by molar-refractivity contribution is -0.127. The van der Waals surface area contributed by atoms with E-state index in [-0.39, 0.29) is 41.2 Å². The van der Waals surface area contributed by atoms with E-state index >= 15 is 0 Å². The van der Waals surface area contributed by atoms with E-state index in [1.165, 1.54) is 23.5 Å². The third-order valence-electron chi connectivity index (χ3n) is 4.21. The Hall–Kier alpha value is -0.610. The molecule has 1 fully saturated rings. The van der Waals surface area contributed by atoms with Gasteiger partial charge >= 0.3 is 0 Å². The summed E-state index contributed by atoms with van der Waals surface area (Å²) in [4.78, 5) is 19.1. The summed E-state index contributed by atoms with van der Waals surface area (Å²) in [5.74, 6) is 2.90. The molecule has 0 radical (unpaired) electrons. The summed E-state index contributed by atoms with van der Waals surface area (Å²) in [6.07, 6.45) is 2.49. The van der Waals surface area contributed by atoms with Gasteiger partial charge in [0.1, 0.15) is 6.54 Å². The van der Waals surface area contributed by atoms with Crippen molar-refractivity contribution in [1.82, 2.24) is 15.5 Å². The molecule has 1 aliphatic heterocycles. The van der Waals surface area contributed by atoms with Gasteiger partial charge in [-0.1, -0.05) is 18.2 Å². The average molecular weight is 523 g/mol. The molecule has 0 saturated carbocycles. The molecule has 5 nitrogen and oxygen atoms in total. The van der Waals surface area contributed by atoms with Crippen molar-refractivity contribution in [2.45, 2.75) is 29.4 Å². The van der Waals surface area contributed by atoms with Crippen LogP contribution in [0.5, 0.6) is 0 Å². The number of aliphatic imine (C=N–C) groups is 1. The van der Waals surface area contributed by atoms with Crippen molar-refractivity contribution in [2.75, 3.05) is 45.2 Å². The van der Waals surface area contributed by atoms with Crippen LogP contribution in [0.2, 0.25) is 0 Å². The smallest absolute Gasteiger partial charge is 0.243 e. The van der Waals surface area contributed by atoms with E-state index in [2.05, 4.69) is 46.8 Å². The third-order valence-corrected chi connectivity index (χ3v) is 6.76. The van der Waals surface area contributed by atoms with Gasteiger partial charge < -0.3 is 15.5 Å². The number of carbonyl (C=O) groups excluding carboxylic acids is 1. The highest BCUT2D eigenvalue weighted by atomic mass is 127. The Morgan fingerprint density at radius 1 is 1.30 bits per heavy atom. The zero-order chi connectivity index (χ0) is 18.8. The van der Waals surface area contributed by atoms with Crippen LogP contribution in [0.3, 0.4) is 0 Å². The highest BCUT2D eigenvalue weighted by Gasteiger charge is 2.29. The van der Waals surface area contributed by atoms with Crippen molar-refractivity contribution in [2.24, 2.45) is 4.99 Å². The zero-order valence-electron chi connectivity index (χ0n) is 16.4. The fourth-order valence-corrected chi connectivity index (χ4v) is 4.60. The number of amides is 1. The van der Waals surface area contributed by atoms with E-state index in [4.69, 9.17) is 0 Å². The molecule has 0 aliphatic carbocycles. The van der Waals surface area contributed by atoms with Gasteiger partial charge in [-0.15, -0.1) is 35.7 Å². The molecule has 2 rings (SSSR count). The Labute approximate surface area is 188 Å².